The Morgan fingerprint density at radius 2 is 2.20 bits per heavy atom. The minimum absolute atomic E-state index is 0.120. The lowest BCUT2D eigenvalue weighted by Gasteiger charge is -1.97. The molecule has 10 heavy (non-hydrogen) atoms. The van der Waals surface area contributed by atoms with Gasteiger partial charge in [-0.2, -0.15) is 5.26 Å². The van der Waals surface area contributed by atoms with E-state index in [9.17, 15) is 4.79 Å². The summed E-state index contributed by atoms with van der Waals surface area (Å²) in [6.07, 6.45) is 0. The number of carboxylic acids is 1. The van der Waals surface area contributed by atoms with Gasteiger partial charge in [-0.1, -0.05) is 0 Å². The van der Waals surface area contributed by atoms with Crippen molar-refractivity contribution in [2.75, 3.05) is 7.11 Å². The molecule has 0 aromatic rings. The largest absolute Gasteiger partial charge is 0.500 e. The van der Waals surface area contributed by atoms with E-state index in [0.29, 0.717) is 0 Å². The molecule has 0 aromatic carbocycles. The smallest absolute Gasteiger partial charge is 0.349 e. The Kier molecular flexibility index (Phi) is 2.98. The van der Waals surface area contributed by atoms with E-state index < -0.39 is 5.97 Å². The molecule has 0 radical (unpaired) electrons. The molecule has 0 fully saturated rings. The van der Waals surface area contributed by atoms with Crippen LogP contribution in [0, 0.1) is 11.3 Å². The lowest BCUT2D eigenvalue weighted by atomic mass is 10.2. The molecule has 1 N–H and O–H groups in total. The average molecular weight is 141 g/mol. The third-order valence-corrected chi connectivity index (χ3v) is 0.984. The molecule has 4 nitrogen and oxygen atoms in total. The summed E-state index contributed by atoms with van der Waals surface area (Å²) < 4.78 is 4.54. The summed E-state index contributed by atoms with van der Waals surface area (Å²) in [6, 6.07) is 1.51. The van der Waals surface area contributed by atoms with Gasteiger partial charge in [-0.15, -0.1) is 0 Å². The van der Waals surface area contributed by atoms with E-state index in [-0.39, 0.29) is 11.3 Å². The highest BCUT2D eigenvalue weighted by Crippen LogP contribution is 2.02. The molecule has 0 amide bonds. The second-order valence-corrected chi connectivity index (χ2v) is 1.55. The van der Waals surface area contributed by atoms with E-state index in [1.165, 1.54) is 20.1 Å². The molecule has 54 valence electrons. The van der Waals surface area contributed by atoms with Gasteiger partial charge in [0.25, 0.3) is 0 Å². The lowest BCUT2D eigenvalue weighted by molar-refractivity contribution is -0.132. The van der Waals surface area contributed by atoms with Crippen molar-refractivity contribution in [3.8, 4) is 6.07 Å². The number of allylic oxidation sites excluding steroid dienone is 1. The Balaban J connectivity index is 4.68. The molecule has 0 atom stereocenters. The summed E-state index contributed by atoms with van der Waals surface area (Å²) in [5.74, 6) is -1.14. The quantitative estimate of drug-likeness (QED) is 0.345. The van der Waals surface area contributed by atoms with Crippen LogP contribution >= 0.6 is 0 Å². The van der Waals surface area contributed by atoms with Gasteiger partial charge in [-0.05, 0) is 6.92 Å². The van der Waals surface area contributed by atoms with E-state index in [1.54, 1.807) is 0 Å². The van der Waals surface area contributed by atoms with Gasteiger partial charge >= 0.3 is 5.97 Å². The van der Waals surface area contributed by atoms with Crippen LogP contribution in [0.2, 0.25) is 0 Å². The summed E-state index contributed by atoms with van der Waals surface area (Å²) in [5, 5.41) is 16.5. The van der Waals surface area contributed by atoms with Gasteiger partial charge in [-0.3, -0.25) is 0 Å². The summed E-state index contributed by atoms with van der Waals surface area (Å²) in [5.41, 5.74) is -0.359. The predicted octanol–water partition coefficient (Wildman–Crippen LogP) is 0.515. The second-order valence-electron chi connectivity index (χ2n) is 1.55. The van der Waals surface area contributed by atoms with Gasteiger partial charge in [-0.25, -0.2) is 4.79 Å². The molecule has 0 saturated carbocycles. The molecule has 0 saturated heterocycles. The third-order valence-electron chi connectivity index (χ3n) is 0.984. The van der Waals surface area contributed by atoms with Crippen LogP contribution < -0.4 is 0 Å². The highest BCUT2D eigenvalue weighted by Gasteiger charge is 2.09. The minimum atomic E-state index is -1.26. The second kappa shape index (κ2) is 3.51. The highest BCUT2D eigenvalue weighted by atomic mass is 16.5. The Morgan fingerprint density at radius 3 is 2.30 bits per heavy atom. The van der Waals surface area contributed by atoms with E-state index in [2.05, 4.69) is 4.74 Å². The van der Waals surface area contributed by atoms with Crippen molar-refractivity contribution in [2.24, 2.45) is 0 Å². The van der Waals surface area contributed by atoms with Crippen molar-refractivity contribution < 1.29 is 14.6 Å². The molecule has 0 aliphatic heterocycles. The zero-order valence-corrected chi connectivity index (χ0v) is 5.71. The maximum atomic E-state index is 10.2. The SMILES string of the molecule is CO/C(C)=C(/C#N)C(=O)O. The number of carboxylic acid groups (broad SMARTS) is 1. The number of aliphatic carboxylic acids is 1. The van der Waals surface area contributed by atoms with E-state index >= 15 is 0 Å². The molecule has 0 aliphatic rings. The van der Waals surface area contributed by atoms with Gasteiger partial charge in [0, 0.05) is 0 Å². The van der Waals surface area contributed by atoms with Gasteiger partial charge in [0.1, 0.15) is 11.8 Å². The number of ether oxygens (including phenoxy) is 1. The van der Waals surface area contributed by atoms with Crippen LogP contribution in [0.5, 0.6) is 0 Å². The molecular formula is C6H7NO3. The standard InChI is InChI=1S/C6H7NO3/c1-4(10-2)5(3-7)6(8)9/h1-2H3,(H,8,9)/b5-4-. The van der Waals surface area contributed by atoms with Crippen LogP contribution in [0.15, 0.2) is 11.3 Å². The maximum absolute atomic E-state index is 10.2. The molecule has 0 rings (SSSR count). The van der Waals surface area contributed by atoms with Crippen molar-refractivity contribution in [3.63, 3.8) is 0 Å². The van der Waals surface area contributed by atoms with E-state index in [1.807, 2.05) is 0 Å². The number of rotatable bonds is 2. The Hall–Kier alpha value is -1.50. The molecule has 0 unspecified atom stereocenters. The van der Waals surface area contributed by atoms with Crippen LogP contribution in [0.1, 0.15) is 6.92 Å². The molecule has 0 bridgehead atoms. The van der Waals surface area contributed by atoms with Crippen LogP contribution in [0.3, 0.4) is 0 Å². The third kappa shape index (κ3) is 1.78. The highest BCUT2D eigenvalue weighted by molar-refractivity contribution is 5.91. The molecule has 0 aromatic heterocycles. The normalized spacial score (nSPS) is 11.3. The molecule has 4 heteroatoms. The van der Waals surface area contributed by atoms with Crippen molar-refractivity contribution in [1.29, 1.82) is 5.26 Å². The van der Waals surface area contributed by atoms with Gasteiger partial charge in [0.2, 0.25) is 0 Å². The first-order valence-corrected chi connectivity index (χ1v) is 2.51. The fourth-order valence-corrected chi connectivity index (χ4v) is 0.379. The van der Waals surface area contributed by atoms with Gasteiger partial charge in [0.15, 0.2) is 5.57 Å². The molecule has 0 spiro atoms. The van der Waals surface area contributed by atoms with Crippen LogP contribution in [0.4, 0.5) is 0 Å². The fourth-order valence-electron chi connectivity index (χ4n) is 0.379. The molecule has 0 aliphatic carbocycles. The van der Waals surface area contributed by atoms with Crippen molar-refractivity contribution in [2.45, 2.75) is 6.92 Å². The minimum Gasteiger partial charge on any atom is -0.500 e. The molecule has 0 heterocycles. The number of methoxy groups -OCH3 is 1. The topological polar surface area (TPSA) is 70.3 Å². The summed E-state index contributed by atoms with van der Waals surface area (Å²) >= 11 is 0. The summed E-state index contributed by atoms with van der Waals surface area (Å²) in [6.45, 7) is 1.42. The monoisotopic (exact) mass is 141 g/mol. The zero-order valence-electron chi connectivity index (χ0n) is 5.71. The number of hydrogen-bond acceptors (Lipinski definition) is 3. The first-order valence-electron chi connectivity index (χ1n) is 2.51. The van der Waals surface area contributed by atoms with E-state index in [0.717, 1.165) is 0 Å². The number of hydrogen-bond donors (Lipinski definition) is 1. The first-order chi connectivity index (χ1) is 4.63. The average Bonchev–Trinajstić information content (AvgIpc) is 1.88. The summed E-state index contributed by atoms with van der Waals surface area (Å²) in [4.78, 5) is 10.2. The Bertz CT molecular complexity index is 212. The van der Waals surface area contributed by atoms with Crippen LogP contribution in [-0.2, 0) is 9.53 Å². The van der Waals surface area contributed by atoms with Crippen molar-refractivity contribution in [3.05, 3.63) is 11.3 Å². The lowest BCUT2D eigenvalue weighted by Crippen LogP contribution is -2.01. The Labute approximate surface area is 58.3 Å². The molecular weight excluding hydrogens is 134 g/mol. The van der Waals surface area contributed by atoms with Crippen molar-refractivity contribution >= 4 is 5.97 Å². The maximum Gasteiger partial charge on any atom is 0.349 e. The number of nitriles is 1. The van der Waals surface area contributed by atoms with Gasteiger partial charge in [0.05, 0.1) is 7.11 Å². The van der Waals surface area contributed by atoms with Crippen LogP contribution in [0.25, 0.3) is 0 Å². The van der Waals surface area contributed by atoms with Crippen LogP contribution in [-0.4, -0.2) is 18.2 Å². The van der Waals surface area contributed by atoms with Crippen molar-refractivity contribution in [1.82, 2.24) is 0 Å². The number of carbonyl (C=O) groups is 1. The predicted molar refractivity (Wildman–Crippen MR) is 33.0 cm³/mol. The summed E-state index contributed by atoms with van der Waals surface area (Å²) in [7, 11) is 1.32. The van der Waals surface area contributed by atoms with E-state index in [4.69, 9.17) is 10.4 Å². The first kappa shape index (κ1) is 8.50. The number of nitrogens with zero attached hydrogens (tertiary/aromatic N) is 1. The Morgan fingerprint density at radius 1 is 1.70 bits per heavy atom. The fraction of sp³-hybridized carbons (Fsp3) is 0.333. The zero-order chi connectivity index (χ0) is 8.15. The van der Waals surface area contributed by atoms with Gasteiger partial charge < -0.3 is 9.84 Å².